The Hall–Kier alpha value is -2.18. The molecule has 0 unspecified atom stereocenters. The van der Waals surface area contributed by atoms with Crippen molar-refractivity contribution >= 4 is 38.6 Å². The van der Waals surface area contributed by atoms with E-state index in [4.69, 9.17) is 4.98 Å². The van der Waals surface area contributed by atoms with Gasteiger partial charge < -0.3 is 9.88 Å². The molecule has 1 aliphatic heterocycles. The molecule has 0 aliphatic carbocycles. The van der Waals surface area contributed by atoms with Crippen molar-refractivity contribution in [3.05, 3.63) is 58.3 Å². The van der Waals surface area contributed by atoms with Gasteiger partial charge in [0.05, 0.1) is 29.3 Å². The summed E-state index contributed by atoms with van der Waals surface area (Å²) in [6.45, 7) is 6.35. The topological polar surface area (TPSA) is 50.2 Å². The number of halogens is 1. The Balaban J connectivity index is 1.53. The predicted octanol–water partition coefficient (Wildman–Crippen LogP) is 4.90. The number of amides is 1. The van der Waals surface area contributed by atoms with Gasteiger partial charge in [-0.25, -0.2) is 4.98 Å². The summed E-state index contributed by atoms with van der Waals surface area (Å²) in [5.41, 5.74) is 4.16. The summed E-state index contributed by atoms with van der Waals surface area (Å²) >= 11 is 3.53. The molecule has 1 atom stereocenters. The van der Waals surface area contributed by atoms with Gasteiger partial charge >= 0.3 is 0 Å². The number of hydrogen-bond acceptors (Lipinski definition) is 3. The summed E-state index contributed by atoms with van der Waals surface area (Å²) in [5.74, 6) is 1.08. The summed E-state index contributed by atoms with van der Waals surface area (Å²) in [4.78, 5) is 19.9. The molecule has 3 aromatic rings. The number of nitrogens with one attached hydrogen (secondary N) is 1. The number of likely N-dealkylation sites (tertiary alicyclic amines) is 1. The lowest BCUT2D eigenvalue weighted by atomic mass is 10.2. The highest BCUT2D eigenvalue weighted by Gasteiger charge is 2.31. The zero-order valence-electron chi connectivity index (χ0n) is 16.3. The molecule has 1 amide bonds. The van der Waals surface area contributed by atoms with Gasteiger partial charge in [-0.05, 0) is 79.0 Å². The first kappa shape index (κ1) is 19.2. The van der Waals surface area contributed by atoms with E-state index in [1.807, 2.05) is 31.2 Å². The molecule has 5 nitrogen and oxygen atoms in total. The van der Waals surface area contributed by atoms with Gasteiger partial charge in [-0.1, -0.05) is 18.2 Å². The fourth-order valence-corrected chi connectivity index (χ4v) is 4.68. The molecular formula is C22H25BrN4O. The zero-order chi connectivity index (χ0) is 19.7. The van der Waals surface area contributed by atoms with Crippen LogP contribution in [-0.2, 0) is 11.3 Å². The zero-order valence-corrected chi connectivity index (χ0v) is 17.9. The van der Waals surface area contributed by atoms with Crippen molar-refractivity contribution < 1.29 is 4.79 Å². The average molecular weight is 441 g/mol. The molecule has 4 rings (SSSR count). The third kappa shape index (κ3) is 3.71. The highest BCUT2D eigenvalue weighted by atomic mass is 79.9. The highest BCUT2D eigenvalue weighted by molar-refractivity contribution is 9.10. The minimum absolute atomic E-state index is 0.00983. The second-order valence-corrected chi connectivity index (χ2v) is 8.22. The van der Waals surface area contributed by atoms with Crippen molar-refractivity contribution in [3.63, 3.8) is 0 Å². The molecule has 1 fully saturated rings. The molecule has 2 heterocycles. The molecule has 1 aromatic heterocycles. The predicted molar refractivity (Wildman–Crippen MR) is 116 cm³/mol. The van der Waals surface area contributed by atoms with Gasteiger partial charge in [-0.15, -0.1) is 0 Å². The Bertz CT molecular complexity index is 1010. The summed E-state index contributed by atoms with van der Waals surface area (Å²) in [6, 6.07) is 14.4. The van der Waals surface area contributed by atoms with E-state index < -0.39 is 0 Å². The molecule has 0 spiro atoms. The molecule has 0 radical (unpaired) electrons. The maximum atomic E-state index is 12.7. The van der Waals surface area contributed by atoms with Crippen LogP contribution < -0.4 is 5.32 Å². The van der Waals surface area contributed by atoms with E-state index in [9.17, 15) is 4.79 Å². The Labute approximate surface area is 173 Å². The number of imidazole rings is 1. The van der Waals surface area contributed by atoms with Gasteiger partial charge in [0, 0.05) is 11.0 Å². The van der Waals surface area contributed by atoms with Crippen LogP contribution in [0, 0.1) is 6.92 Å². The first-order chi connectivity index (χ1) is 13.6. The number of nitrogens with zero attached hydrogens (tertiary/aromatic N) is 3. The maximum Gasteiger partial charge on any atom is 0.238 e. The number of rotatable bonds is 5. The van der Waals surface area contributed by atoms with Crippen molar-refractivity contribution in [2.24, 2.45) is 0 Å². The van der Waals surface area contributed by atoms with Gasteiger partial charge in [0.25, 0.3) is 0 Å². The van der Waals surface area contributed by atoms with Gasteiger partial charge in [0.15, 0.2) is 0 Å². The molecule has 0 bridgehead atoms. The second kappa shape index (κ2) is 8.05. The summed E-state index contributed by atoms with van der Waals surface area (Å²) in [5, 5.41) is 3.04. The van der Waals surface area contributed by atoms with Crippen LogP contribution in [0.5, 0.6) is 0 Å². The molecule has 1 N–H and O–H groups in total. The number of carbonyl (C=O) groups is 1. The molecule has 0 saturated carbocycles. The Morgan fingerprint density at radius 2 is 2.11 bits per heavy atom. The first-order valence-corrected chi connectivity index (χ1v) is 10.6. The Morgan fingerprint density at radius 3 is 2.89 bits per heavy atom. The molecule has 2 aromatic carbocycles. The third-order valence-electron chi connectivity index (χ3n) is 5.41. The van der Waals surface area contributed by atoms with E-state index in [1.54, 1.807) is 0 Å². The number of para-hydroxylation sites is 2. The summed E-state index contributed by atoms with van der Waals surface area (Å²) in [6.07, 6.45) is 2.12. The van der Waals surface area contributed by atoms with Crippen molar-refractivity contribution in [2.45, 2.75) is 39.3 Å². The standard InChI is InChI=1S/C22H25BrN4O/c1-3-27-19-8-5-4-7-18(19)25-22(27)20-9-6-12-26(20)14-21(28)24-17-11-10-15(2)13-16(17)23/h4-5,7-8,10-11,13,20H,3,6,9,12,14H2,1-2H3,(H,24,28)/t20-/m0/s1. The molecule has 146 valence electrons. The average Bonchev–Trinajstić information content (AvgIpc) is 3.27. The van der Waals surface area contributed by atoms with Crippen LogP contribution in [0.25, 0.3) is 11.0 Å². The van der Waals surface area contributed by atoms with E-state index in [1.165, 1.54) is 5.52 Å². The quantitative estimate of drug-likeness (QED) is 0.613. The Kier molecular flexibility index (Phi) is 5.51. The van der Waals surface area contributed by atoms with Crippen LogP contribution in [0.4, 0.5) is 5.69 Å². The SMILES string of the molecule is CCn1c([C@@H]2CCCN2CC(=O)Nc2ccc(C)cc2Br)nc2ccccc21. The molecule has 1 aliphatic rings. The number of anilines is 1. The highest BCUT2D eigenvalue weighted by Crippen LogP contribution is 2.33. The fraction of sp³-hybridized carbons (Fsp3) is 0.364. The monoisotopic (exact) mass is 440 g/mol. The summed E-state index contributed by atoms with van der Waals surface area (Å²) < 4.78 is 3.19. The lowest BCUT2D eigenvalue weighted by molar-refractivity contribution is -0.117. The minimum atomic E-state index is 0.00983. The normalized spacial score (nSPS) is 17.3. The van der Waals surface area contributed by atoms with Crippen LogP contribution >= 0.6 is 15.9 Å². The number of benzene rings is 2. The second-order valence-electron chi connectivity index (χ2n) is 7.36. The number of carbonyl (C=O) groups excluding carboxylic acids is 1. The fourth-order valence-electron chi connectivity index (χ4n) is 4.08. The van der Waals surface area contributed by atoms with Crippen LogP contribution in [0.2, 0.25) is 0 Å². The van der Waals surface area contributed by atoms with E-state index in [2.05, 4.69) is 55.8 Å². The van der Waals surface area contributed by atoms with Crippen LogP contribution in [-0.4, -0.2) is 33.4 Å². The number of hydrogen-bond donors (Lipinski definition) is 1. The summed E-state index contributed by atoms with van der Waals surface area (Å²) in [7, 11) is 0. The number of fused-ring (bicyclic) bond motifs is 1. The van der Waals surface area contributed by atoms with Crippen molar-refractivity contribution in [2.75, 3.05) is 18.4 Å². The van der Waals surface area contributed by atoms with Crippen LogP contribution in [0.3, 0.4) is 0 Å². The van der Waals surface area contributed by atoms with Gasteiger partial charge in [-0.2, -0.15) is 0 Å². The van der Waals surface area contributed by atoms with Crippen molar-refractivity contribution in [1.29, 1.82) is 0 Å². The van der Waals surface area contributed by atoms with Crippen LogP contribution in [0.1, 0.15) is 37.2 Å². The van der Waals surface area contributed by atoms with E-state index in [0.29, 0.717) is 6.54 Å². The van der Waals surface area contributed by atoms with Crippen molar-refractivity contribution in [3.8, 4) is 0 Å². The first-order valence-electron chi connectivity index (χ1n) is 9.82. The Morgan fingerprint density at radius 1 is 1.29 bits per heavy atom. The molecule has 28 heavy (non-hydrogen) atoms. The van der Waals surface area contributed by atoms with Crippen molar-refractivity contribution in [1.82, 2.24) is 14.5 Å². The van der Waals surface area contributed by atoms with Gasteiger partial charge in [-0.3, -0.25) is 9.69 Å². The minimum Gasteiger partial charge on any atom is -0.327 e. The molecular weight excluding hydrogens is 416 g/mol. The van der Waals surface area contributed by atoms with Gasteiger partial charge in [0.1, 0.15) is 5.82 Å². The van der Waals surface area contributed by atoms with Gasteiger partial charge in [0.2, 0.25) is 5.91 Å². The smallest absolute Gasteiger partial charge is 0.238 e. The number of aryl methyl sites for hydroxylation is 2. The largest absolute Gasteiger partial charge is 0.327 e. The molecule has 1 saturated heterocycles. The maximum absolute atomic E-state index is 12.7. The van der Waals surface area contributed by atoms with E-state index in [0.717, 1.165) is 53.0 Å². The lowest BCUT2D eigenvalue weighted by Crippen LogP contribution is -2.34. The molecule has 6 heteroatoms. The van der Waals surface area contributed by atoms with Crippen LogP contribution in [0.15, 0.2) is 46.9 Å². The lowest BCUT2D eigenvalue weighted by Gasteiger charge is -2.24. The third-order valence-corrected chi connectivity index (χ3v) is 6.06. The van der Waals surface area contributed by atoms with E-state index in [-0.39, 0.29) is 11.9 Å². The van der Waals surface area contributed by atoms with E-state index >= 15 is 0 Å². The number of aromatic nitrogens is 2.